The van der Waals surface area contributed by atoms with Crippen LogP contribution >= 0.6 is 0 Å². The second kappa shape index (κ2) is 11.6. The number of carbonyl (C=O) groups is 2. The third kappa shape index (κ3) is 6.75. The molecule has 1 amide bonds. The first-order chi connectivity index (χ1) is 15.5. The lowest BCUT2D eigenvalue weighted by molar-refractivity contribution is -0.141. The monoisotopic (exact) mass is 441 g/mol. The molecule has 1 aliphatic carbocycles. The molecule has 0 radical (unpaired) electrons. The van der Waals surface area contributed by atoms with Crippen LogP contribution < -0.4 is 10.1 Å². The first kappa shape index (κ1) is 23.7. The predicted molar refractivity (Wildman–Crippen MR) is 118 cm³/mol. The molecule has 1 fully saturated rings. The molecule has 1 saturated carbocycles. The number of amides is 1. The van der Waals surface area contributed by atoms with Crippen LogP contribution in [0.25, 0.3) is 0 Å². The average Bonchev–Trinajstić information content (AvgIpc) is 2.79. The summed E-state index contributed by atoms with van der Waals surface area (Å²) in [5, 5.41) is 12.3. The van der Waals surface area contributed by atoms with Crippen LogP contribution in [0.5, 0.6) is 5.75 Å². The van der Waals surface area contributed by atoms with Gasteiger partial charge < -0.3 is 19.9 Å². The summed E-state index contributed by atoms with van der Waals surface area (Å²) in [5.74, 6) is 0.214. The standard InChI is InChI=1S/C24H31N3O5/c1-3-31-21(29)14-25-24(30)22-23(32-15-18-7-5-4-6-8-18)16(2)26-20(27-22)13-17-9-11-19(28)12-10-17/h4-8,17,19,28H,3,9-15H2,1-2H3,(H,25,30). The molecule has 1 aliphatic rings. The van der Waals surface area contributed by atoms with Crippen molar-refractivity contribution in [1.29, 1.82) is 0 Å². The first-order valence-electron chi connectivity index (χ1n) is 11.1. The number of aryl methyl sites for hydroxylation is 1. The summed E-state index contributed by atoms with van der Waals surface area (Å²) in [5.41, 5.74) is 1.64. The van der Waals surface area contributed by atoms with Crippen LogP contribution in [0, 0.1) is 12.8 Å². The number of ether oxygens (including phenoxy) is 2. The van der Waals surface area contributed by atoms with Gasteiger partial charge in [-0.25, -0.2) is 9.97 Å². The van der Waals surface area contributed by atoms with Crippen molar-refractivity contribution in [3.8, 4) is 5.75 Å². The summed E-state index contributed by atoms with van der Waals surface area (Å²) < 4.78 is 10.8. The number of aromatic nitrogens is 2. The van der Waals surface area contributed by atoms with Crippen molar-refractivity contribution >= 4 is 11.9 Å². The number of esters is 1. The van der Waals surface area contributed by atoms with Crippen LogP contribution in [-0.2, 0) is 22.6 Å². The van der Waals surface area contributed by atoms with Crippen molar-refractivity contribution in [2.75, 3.05) is 13.2 Å². The van der Waals surface area contributed by atoms with Crippen molar-refractivity contribution in [2.24, 2.45) is 5.92 Å². The number of aliphatic hydroxyl groups is 1. The molecule has 0 unspecified atom stereocenters. The molecule has 1 aromatic heterocycles. The van der Waals surface area contributed by atoms with E-state index in [0.717, 1.165) is 31.2 Å². The molecular formula is C24H31N3O5. The zero-order chi connectivity index (χ0) is 22.9. The van der Waals surface area contributed by atoms with Crippen LogP contribution in [-0.4, -0.2) is 46.2 Å². The molecular weight excluding hydrogens is 410 g/mol. The van der Waals surface area contributed by atoms with Gasteiger partial charge in [-0.1, -0.05) is 30.3 Å². The van der Waals surface area contributed by atoms with E-state index < -0.39 is 11.9 Å². The number of hydrogen-bond donors (Lipinski definition) is 2. The van der Waals surface area contributed by atoms with Crippen LogP contribution in [0.4, 0.5) is 0 Å². The van der Waals surface area contributed by atoms with Gasteiger partial charge in [0.25, 0.3) is 5.91 Å². The van der Waals surface area contributed by atoms with E-state index in [2.05, 4.69) is 15.3 Å². The highest BCUT2D eigenvalue weighted by molar-refractivity contribution is 5.96. The van der Waals surface area contributed by atoms with Crippen molar-refractivity contribution in [1.82, 2.24) is 15.3 Å². The predicted octanol–water partition coefficient (Wildman–Crippen LogP) is 2.75. The number of aliphatic hydroxyl groups excluding tert-OH is 1. The van der Waals surface area contributed by atoms with E-state index in [1.807, 2.05) is 30.3 Å². The fraction of sp³-hybridized carbons (Fsp3) is 0.500. The number of rotatable bonds is 9. The van der Waals surface area contributed by atoms with Crippen LogP contribution in [0.1, 0.15) is 60.2 Å². The lowest BCUT2D eigenvalue weighted by Crippen LogP contribution is -2.32. The number of carbonyl (C=O) groups excluding carboxylic acids is 2. The topological polar surface area (TPSA) is 111 Å². The minimum absolute atomic E-state index is 0.114. The Kier molecular flexibility index (Phi) is 8.56. The summed E-state index contributed by atoms with van der Waals surface area (Å²) >= 11 is 0. The van der Waals surface area contributed by atoms with Crippen molar-refractivity contribution in [2.45, 2.75) is 58.7 Å². The van der Waals surface area contributed by atoms with Gasteiger partial charge in [-0.15, -0.1) is 0 Å². The summed E-state index contributed by atoms with van der Waals surface area (Å²) in [6, 6.07) is 9.62. The van der Waals surface area contributed by atoms with E-state index in [-0.39, 0.29) is 31.6 Å². The molecule has 8 heteroatoms. The third-order valence-electron chi connectivity index (χ3n) is 5.51. The SMILES string of the molecule is CCOC(=O)CNC(=O)c1nc(CC2CCC(O)CC2)nc(C)c1OCc1ccccc1. The normalized spacial score (nSPS) is 18.1. The molecule has 1 heterocycles. The molecule has 0 atom stereocenters. The fourth-order valence-corrected chi connectivity index (χ4v) is 3.82. The quantitative estimate of drug-likeness (QED) is 0.576. The highest BCUT2D eigenvalue weighted by Crippen LogP contribution is 2.28. The van der Waals surface area contributed by atoms with Gasteiger partial charge in [-0.3, -0.25) is 9.59 Å². The van der Waals surface area contributed by atoms with E-state index in [1.165, 1.54) is 0 Å². The Morgan fingerprint density at radius 3 is 2.53 bits per heavy atom. The Morgan fingerprint density at radius 2 is 1.84 bits per heavy atom. The van der Waals surface area contributed by atoms with Gasteiger partial charge in [0.05, 0.1) is 18.4 Å². The molecule has 2 aromatic rings. The van der Waals surface area contributed by atoms with Crippen molar-refractivity contribution < 1.29 is 24.2 Å². The van der Waals surface area contributed by atoms with Crippen molar-refractivity contribution in [3.05, 3.63) is 53.1 Å². The second-order valence-corrected chi connectivity index (χ2v) is 8.04. The minimum Gasteiger partial charge on any atom is -0.485 e. The molecule has 2 N–H and O–H groups in total. The largest absolute Gasteiger partial charge is 0.485 e. The lowest BCUT2D eigenvalue weighted by atomic mass is 9.85. The lowest BCUT2D eigenvalue weighted by Gasteiger charge is -2.25. The van der Waals surface area contributed by atoms with E-state index in [9.17, 15) is 14.7 Å². The highest BCUT2D eigenvalue weighted by Gasteiger charge is 2.24. The number of hydrogen-bond acceptors (Lipinski definition) is 7. The first-order valence-corrected chi connectivity index (χ1v) is 11.1. The van der Waals surface area contributed by atoms with Gasteiger partial charge >= 0.3 is 5.97 Å². The molecule has 0 saturated heterocycles. The number of benzene rings is 1. The maximum atomic E-state index is 12.9. The summed E-state index contributed by atoms with van der Waals surface area (Å²) in [4.78, 5) is 33.7. The summed E-state index contributed by atoms with van der Waals surface area (Å²) in [6.07, 6.45) is 3.75. The molecule has 172 valence electrons. The molecule has 0 aliphatic heterocycles. The molecule has 32 heavy (non-hydrogen) atoms. The smallest absolute Gasteiger partial charge is 0.325 e. The van der Waals surface area contributed by atoms with E-state index in [1.54, 1.807) is 13.8 Å². The minimum atomic E-state index is -0.514. The Morgan fingerprint density at radius 1 is 1.12 bits per heavy atom. The van der Waals surface area contributed by atoms with E-state index >= 15 is 0 Å². The second-order valence-electron chi connectivity index (χ2n) is 8.04. The Labute approximate surface area is 188 Å². The average molecular weight is 442 g/mol. The van der Waals surface area contributed by atoms with Crippen molar-refractivity contribution in [3.63, 3.8) is 0 Å². The highest BCUT2D eigenvalue weighted by atomic mass is 16.5. The van der Waals surface area contributed by atoms with Gasteiger partial charge in [0, 0.05) is 6.42 Å². The van der Waals surface area contributed by atoms with E-state index in [0.29, 0.717) is 29.6 Å². The zero-order valence-electron chi connectivity index (χ0n) is 18.7. The van der Waals surface area contributed by atoms with Gasteiger partial charge in [0.1, 0.15) is 19.0 Å². The third-order valence-corrected chi connectivity index (χ3v) is 5.51. The maximum absolute atomic E-state index is 12.9. The molecule has 8 nitrogen and oxygen atoms in total. The van der Waals surface area contributed by atoms with Gasteiger partial charge in [-0.05, 0) is 51.0 Å². The Hall–Kier alpha value is -3.00. The Bertz CT molecular complexity index is 911. The van der Waals surface area contributed by atoms with E-state index in [4.69, 9.17) is 9.47 Å². The fourth-order valence-electron chi connectivity index (χ4n) is 3.82. The Balaban J connectivity index is 1.79. The number of nitrogens with zero attached hydrogens (tertiary/aromatic N) is 2. The zero-order valence-corrected chi connectivity index (χ0v) is 18.7. The maximum Gasteiger partial charge on any atom is 0.325 e. The number of nitrogens with one attached hydrogen (secondary N) is 1. The van der Waals surface area contributed by atoms with Crippen LogP contribution in [0.2, 0.25) is 0 Å². The molecule has 3 rings (SSSR count). The van der Waals surface area contributed by atoms with Crippen LogP contribution in [0.15, 0.2) is 30.3 Å². The van der Waals surface area contributed by atoms with Gasteiger partial charge in [0.15, 0.2) is 11.4 Å². The molecule has 0 spiro atoms. The van der Waals surface area contributed by atoms with Gasteiger partial charge in [-0.2, -0.15) is 0 Å². The molecule has 1 aromatic carbocycles. The summed E-state index contributed by atoms with van der Waals surface area (Å²) in [6.45, 7) is 3.76. The summed E-state index contributed by atoms with van der Waals surface area (Å²) in [7, 11) is 0. The van der Waals surface area contributed by atoms with Gasteiger partial charge in [0.2, 0.25) is 0 Å². The molecule has 0 bridgehead atoms. The van der Waals surface area contributed by atoms with Crippen LogP contribution in [0.3, 0.4) is 0 Å².